The van der Waals surface area contributed by atoms with Crippen LogP contribution in [0.4, 0.5) is 0 Å². The van der Waals surface area contributed by atoms with Gasteiger partial charge in [-0.15, -0.1) is 0 Å². The van der Waals surface area contributed by atoms with Gasteiger partial charge in [0.05, 0.1) is 6.10 Å². The summed E-state index contributed by atoms with van der Waals surface area (Å²) < 4.78 is 0. The van der Waals surface area contributed by atoms with E-state index < -0.39 is 0 Å². The van der Waals surface area contributed by atoms with Crippen LogP contribution in [0, 0.1) is 0 Å². The molecular formula is C19H24O. The van der Waals surface area contributed by atoms with Crippen molar-refractivity contribution < 1.29 is 5.11 Å². The fourth-order valence-corrected chi connectivity index (χ4v) is 2.66. The van der Waals surface area contributed by atoms with Crippen LogP contribution in [-0.2, 0) is 0 Å². The van der Waals surface area contributed by atoms with E-state index in [1.54, 1.807) is 0 Å². The standard InChI is InChI=1S/C19H24O/c1-2-3-14-18(20)15-19(16-10-6-4-7-11-16)17-12-8-5-9-13-17/h4-13,18-20H,2-3,14-15H2,1H3. The molecule has 0 aliphatic heterocycles. The number of unbranched alkanes of at least 4 members (excludes halogenated alkanes) is 1. The highest BCUT2D eigenvalue weighted by Crippen LogP contribution is 2.30. The van der Waals surface area contributed by atoms with Gasteiger partial charge in [-0.25, -0.2) is 0 Å². The maximum atomic E-state index is 10.3. The molecule has 0 heterocycles. The molecule has 0 bridgehead atoms. The highest BCUT2D eigenvalue weighted by atomic mass is 16.3. The molecule has 0 aliphatic rings. The van der Waals surface area contributed by atoms with Crippen molar-refractivity contribution >= 4 is 0 Å². The Balaban J connectivity index is 2.17. The zero-order chi connectivity index (χ0) is 14.2. The number of benzene rings is 2. The van der Waals surface area contributed by atoms with Gasteiger partial charge in [-0.05, 0) is 24.0 Å². The molecule has 0 saturated heterocycles. The van der Waals surface area contributed by atoms with Crippen LogP contribution in [0.5, 0.6) is 0 Å². The number of hydrogen-bond donors (Lipinski definition) is 1. The Labute approximate surface area is 122 Å². The third-order valence-electron chi connectivity index (χ3n) is 3.80. The molecule has 2 aromatic rings. The van der Waals surface area contributed by atoms with Crippen molar-refractivity contribution in [3.8, 4) is 0 Å². The van der Waals surface area contributed by atoms with Crippen molar-refractivity contribution in [3.05, 3.63) is 71.8 Å². The number of aliphatic hydroxyl groups is 1. The summed E-state index contributed by atoms with van der Waals surface area (Å²) >= 11 is 0. The minimum atomic E-state index is -0.222. The van der Waals surface area contributed by atoms with Gasteiger partial charge in [0, 0.05) is 5.92 Å². The third-order valence-corrected chi connectivity index (χ3v) is 3.80. The highest BCUT2D eigenvalue weighted by molar-refractivity contribution is 5.32. The molecule has 0 aliphatic carbocycles. The van der Waals surface area contributed by atoms with E-state index in [-0.39, 0.29) is 12.0 Å². The summed E-state index contributed by atoms with van der Waals surface area (Å²) in [6, 6.07) is 21.0. The van der Waals surface area contributed by atoms with Crippen LogP contribution in [0.2, 0.25) is 0 Å². The zero-order valence-corrected chi connectivity index (χ0v) is 12.2. The summed E-state index contributed by atoms with van der Waals surface area (Å²) in [5, 5.41) is 10.3. The lowest BCUT2D eigenvalue weighted by atomic mass is 9.86. The van der Waals surface area contributed by atoms with E-state index in [1.807, 2.05) is 12.1 Å². The molecule has 1 N–H and O–H groups in total. The molecule has 1 heteroatoms. The smallest absolute Gasteiger partial charge is 0.0549 e. The van der Waals surface area contributed by atoms with Crippen LogP contribution < -0.4 is 0 Å². The number of hydrogen-bond acceptors (Lipinski definition) is 1. The minimum Gasteiger partial charge on any atom is -0.393 e. The highest BCUT2D eigenvalue weighted by Gasteiger charge is 2.17. The molecule has 0 spiro atoms. The minimum absolute atomic E-state index is 0.222. The topological polar surface area (TPSA) is 20.2 Å². The van der Waals surface area contributed by atoms with Gasteiger partial charge in [0.1, 0.15) is 0 Å². The predicted molar refractivity (Wildman–Crippen MR) is 84.9 cm³/mol. The normalized spacial score (nSPS) is 12.6. The van der Waals surface area contributed by atoms with E-state index in [0.717, 1.165) is 25.7 Å². The Morgan fingerprint density at radius 3 is 1.80 bits per heavy atom. The van der Waals surface area contributed by atoms with Gasteiger partial charge in [-0.1, -0.05) is 80.4 Å². The summed E-state index contributed by atoms with van der Waals surface area (Å²) in [6.07, 6.45) is 3.71. The van der Waals surface area contributed by atoms with Crippen LogP contribution in [-0.4, -0.2) is 11.2 Å². The Morgan fingerprint density at radius 1 is 0.850 bits per heavy atom. The Bertz CT molecular complexity index is 438. The number of rotatable bonds is 7. The zero-order valence-electron chi connectivity index (χ0n) is 12.2. The summed E-state index contributed by atoms with van der Waals surface area (Å²) in [5.41, 5.74) is 2.57. The average Bonchev–Trinajstić information content (AvgIpc) is 2.52. The summed E-state index contributed by atoms with van der Waals surface area (Å²) in [7, 11) is 0. The summed E-state index contributed by atoms with van der Waals surface area (Å²) in [4.78, 5) is 0. The summed E-state index contributed by atoms with van der Waals surface area (Å²) in [5.74, 6) is 0.282. The lowest BCUT2D eigenvalue weighted by molar-refractivity contribution is 0.146. The van der Waals surface area contributed by atoms with Crippen molar-refractivity contribution in [3.63, 3.8) is 0 Å². The fourth-order valence-electron chi connectivity index (χ4n) is 2.66. The van der Waals surface area contributed by atoms with Crippen LogP contribution >= 0.6 is 0 Å². The maximum absolute atomic E-state index is 10.3. The lowest BCUT2D eigenvalue weighted by Gasteiger charge is -2.21. The molecule has 1 atom stereocenters. The molecule has 0 amide bonds. The molecule has 2 rings (SSSR count). The van der Waals surface area contributed by atoms with Gasteiger partial charge in [-0.3, -0.25) is 0 Å². The molecule has 0 saturated carbocycles. The van der Waals surface area contributed by atoms with Crippen molar-refractivity contribution in [1.82, 2.24) is 0 Å². The predicted octanol–water partition coefficient (Wildman–Crippen LogP) is 4.76. The second-order valence-corrected chi connectivity index (χ2v) is 5.41. The van der Waals surface area contributed by atoms with Crippen molar-refractivity contribution in [2.45, 2.75) is 44.6 Å². The maximum Gasteiger partial charge on any atom is 0.0549 e. The lowest BCUT2D eigenvalue weighted by Crippen LogP contribution is -2.13. The van der Waals surface area contributed by atoms with E-state index in [1.165, 1.54) is 11.1 Å². The quantitative estimate of drug-likeness (QED) is 0.767. The molecular weight excluding hydrogens is 244 g/mol. The van der Waals surface area contributed by atoms with Crippen LogP contribution in [0.1, 0.15) is 49.7 Å². The van der Waals surface area contributed by atoms with E-state index >= 15 is 0 Å². The molecule has 106 valence electrons. The van der Waals surface area contributed by atoms with Gasteiger partial charge in [-0.2, -0.15) is 0 Å². The van der Waals surface area contributed by atoms with Gasteiger partial charge in [0.25, 0.3) is 0 Å². The molecule has 1 unspecified atom stereocenters. The summed E-state index contributed by atoms with van der Waals surface area (Å²) in [6.45, 7) is 2.17. The fraction of sp³-hybridized carbons (Fsp3) is 0.368. The second-order valence-electron chi connectivity index (χ2n) is 5.41. The second kappa shape index (κ2) is 7.86. The van der Waals surface area contributed by atoms with E-state index in [4.69, 9.17) is 0 Å². The van der Waals surface area contributed by atoms with E-state index in [0.29, 0.717) is 0 Å². The van der Waals surface area contributed by atoms with Gasteiger partial charge < -0.3 is 5.11 Å². The first-order chi connectivity index (χ1) is 9.81. The Kier molecular flexibility index (Phi) is 5.82. The van der Waals surface area contributed by atoms with Gasteiger partial charge >= 0.3 is 0 Å². The number of aliphatic hydroxyl groups excluding tert-OH is 1. The van der Waals surface area contributed by atoms with Crippen LogP contribution in [0.15, 0.2) is 60.7 Å². The van der Waals surface area contributed by atoms with E-state index in [2.05, 4.69) is 55.5 Å². The first-order valence-corrected chi connectivity index (χ1v) is 7.59. The van der Waals surface area contributed by atoms with Gasteiger partial charge in [0.2, 0.25) is 0 Å². The van der Waals surface area contributed by atoms with Crippen LogP contribution in [0.3, 0.4) is 0 Å². The first-order valence-electron chi connectivity index (χ1n) is 7.59. The molecule has 2 aromatic carbocycles. The van der Waals surface area contributed by atoms with Crippen molar-refractivity contribution in [2.24, 2.45) is 0 Å². The average molecular weight is 268 g/mol. The van der Waals surface area contributed by atoms with Gasteiger partial charge in [0.15, 0.2) is 0 Å². The SMILES string of the molecule is CCCCC(O)CC(c1ccccc1)c1ccccc1. The molecule has 1 nitrogen and oxygen atoms in total. The molecule has 0 fully saturated rings. The molecule has 20 heavy (non-hydrogen) atoms. The third kappa shape index (κ3) is 4.21. The van der Waals surface area contributed by atoms with Crippen molar-refractivity contribution in [2.75, 3.05) is 0 Å². The monoisotopic (exact) mass is 268 g/mol. The largest absolute Gasteiger partial charge is 0.393 e. The van der Waals surface area contributed by atoms with Crippen LogP contribution in [0.25, 0.3) is 0 Å². The molecule has 0 radical (unpaired) electrons. The Hall–Kier alpha value is -1.60. The Morgan fingerprint density at radius 2 is 1.35 bits per heavy atom. The van der Waals surface area contributed by atoms with Crippen molar-refractivity contribution in [1.29, 1.82) is 0 Å². The molecule has 0 aromatic heterocycles. The first kappa shape index (κ1) is 14.8. The van der Waals surface area contributed by atoms with E-state index in [9.17, 15) is 5.11 Å².